The molecular formula is C20H26N4O. The van der Waals surface area contributed by atoms with Crippen LogP contribution in [-0.2, 0) is 6.54 Å². The van der Waals surface area contributed by atoms with Gasteiger partial charge in [-0.2, -0.15) is 0 Å². The first kappa shape index (κ1) is 17.4. The number of nitrogens with one attached hydrogen (secondary N) is 1. The van der Waals surface area contributed by atoms with Gasteiger partial charge in [-0.3, -0.25) is 4.79 Å². The van der Waals surface area contributed by atoms with Gasteiger partial charge in [-0.05, 0) is 31.2 Å². The number of anilines is 1. The van der Waals surface area contributed by atoms with Crippen LogP contribution < -0.4 is 5.32 Å². The van der Waals surface area contributed by atoms with Gasteiger partial charge in [0.25, 0.3) is 5.91 Å². The van der Waals surface area contributed by atoms with Crippen molar-refractivity contribution in [1.82, 2.24) is 14.8 Å². The fraction of sp³-hybridized carbons (Fsp3) is 0.400. The normalized spacial score (nSPS) is 15.2. The summed E-state index contributed by atoms with van der Waals surface area (Å²) < 4.78 is 0. The van der Waals surface area contributed by atoms with Crippen LogP contribution in [0.4, 0.5) is 5.69 Å². The van der Waals surface area contributed by atoms with Crippen molar-refractivity contribution in [2.75, 3.05) is 38.0 Å². The Morgan fingerprint density at radius 2 is 1.96 bits per heavy atom. The van der Waals surface area contributed by atoms with Crippen LogP contribution >= 0.6 is 0 Å². The zero-order chi connectivity index (χ0) is 17.6. The lowest BCUT2D eigenvalue weighted by Crippen LogP contribution is -2.48. The highest BCUT2D eigenvalue weighted by atomic mass is 16.2. The molecule has 2 aromatic rings. The quantitative estimate of drug-likeness (QED) is 0.911. The standard InChI is InChI=1S/C20H26N4O/c1-3-23-9-11-24(12-10-23)20(25)19-8-7-18(15-22-19)21-14-17-6-4-5-16(2)13-17/h4-8,13,15,21H,3,9-12,14H2,1-2H3. The van der Waals surface area contributed by atoms with Crippen LogP contribution in [0.25, 0.3) is 0 Å². The predicted molar refractivity (Wildman–Crippen MR) is 101 cm³/mol. The molecule has 1 saturated heterocycles. The molecule has 5 heteroatoms. The number of likely N-dealkylation sites (N-methyl/N-ethyl adjacent to an activating group) is 1. The Bertz CT molecular complexity index is 706. The number of piperazine rings is 1. The van der Waals surface area contributed by atoms with Crippen molar-refractivity contribution >= 4 is 11.6 Å². The van der Waals surface area contributed by atoms with E-state index in [0.29, 0.717) is 5.69 Å². The average Bonchev–Trinajstić information content (AvgIpc) is 2.66. The van der Waals surface area contributed by atoms with Crippen molar-refractivity contribution in [3.63, 3.8) is 0 Å². The molecule has 0 bridgehead atoms. The molecule has 1 aromatic carbocycles. The number of benzene rings is 1. The molecule has 0 saturated carbocycles. The Kier molecular flexibility index (Phi) is 5.66. The number of hydrogen-bond donors (Lipinski definition) is 1. The third-order valence-electron chi connectivity index (χ3n) is 4.67. The summed E-state index contributed by atoms with van der Waals surface area (Å²) in [5, 5.41) is 3.35. The van der Waals surface area contributed by atoms with Crippen molar-refractivity contribution in [3.8, 4) is 0 Å². The topological polar surface area (TPSA) is 48.5 Å². The number of aryl methyl sites for hydroxylation is 1. The van der Waals surface area contributed by atoms with Crippen LogP contribution in [0.5, 0.6) is 0 Å². The molecular weight excluding hydrogens is 312 g/mol. The third kappa shape index (κ3) is 4.57. The van der Waals surface area contributed by atoms with Gasteiger partial charge in [-0.25, -0.2) is 4.98 Å². The summed E-state index contributed by atoms with van der Waals surface area (Å²) in [5.74, 6) is 0.0287. The van der Waals surface area contributed by atoms with Crippen LogP contribution in [0.3, 0.4) is 0 Å². The minimum Gasteiger partial charge on any atom is -0.380 e. The Morgan fingerprint density at radius 1 is 1.16 bits per heavy atom. The number of nitrogens with zero attached hydrogens (tertiary/aromatic N) is 3. The Hall–Kier alpha value is -2.40. The first-order valence-corrected chi connectivity index (χ1v) is 8.93. The van der Waals surface area contributed by atoms with Crippen LogP contribution in [0, 0.1) is 6.92 Å². The van der Waals surface area contributed by atoms with Crippen molar-refractivity contribution in [2.24, 2.45) is 0 Å². The number of carbonyl (C=O) groups excluding carboxylic acids is 1. The molecule has 1 amide bonds. The first-order valence-electron chi connectivity index (χ1n) is 8.93. The number of carbonyl (C=O) groups is 1. The van der Waals surface area contributed by atoms with E-state index in [9.17, 15) is 4.79 Å². The zero-order valence-electron chi connectivity index (χ0n) is 15.0. The van der Waals surface area contributed by atoms with Gasteiger partial charge in [-0.1, -0.05) is 36.8 Å². The van der Waals surface area contributed by atoms with Crippen molar-refractivity contribution in [2.45, 2.75) is 20.4 Å². The maximum Gasteiger partial charge on any atom is 0.272 e. The van der Waals surface area contributed by atoms with Crippen molar-refractivity contribution in [1.29, 1.82) is 0 Å². The minimum absolute atomic E-state index is 0.0287. The van der Waals surface area contributed by atoms with Gasteiger partial charge in [0.15, 0.2) is 0 Å². The van der Waals surface area contributed by atoms with Crippen LogP contribution in [0.1, 0.15) is 28.5 Å². The van der Waals surface area contributed by atoms with Gasteiger partial charge in [-0.15, -0.1) is 0 Å². The number of aromatic nitrogens is 1. The van der Waals surface area contributed by atoms with E-state index in [0.717, 1.165) is 45.0 Å². The summed E-state index contributed by atoms with van der Waals surface area (Å²) in [6, 6.07) is 12.2. The van der Waals surface area contributed by atoms with E-state index in [-0.39, 0.29) is 5.91 Å². The Balaban J connectivity index is 1.55. The number of rotatable bonds is 5. The average molecular weight is 338 g/mol. The molecule has 0 atom stereocenters. The fourth-order valence-corrected chi connectivity index (χ4v) is 3.08. The maximum atomic E-state index is 12.5. The largest absolute Gasteiger partial charge is 0.380 e. The summed E-state index contributed by atoms with van der Waals surface area (Å²) in [4.78, 5) is 21.2. The number of amides is 1. The minimum atomic E-state index is 0.0287. The molecule has 0 radical (unpaired) electrons. The SMILES string of the molecule is CCN1CCN(C(=O)c2ccc(NCc3cccc(C)c3)cn2)CC1. The van der Waals surface area contributed by atoms with Gasteiger partial charge in [0.05, 0.1) is 11.9 Å². The predicted octanol–water partition coefficient (Wildman–Crippen LogP) is 2.78. The molecule has 0 spiro atoms. The first-order chi connectivity index (χ1) is 12.2. The highest BCUT2D eigenvalue weighted by Gasteiger charge is 2.21. The van der Waals surface area contributed by atoms with Crippen molar-refractivity contribution < 1.29 is 4.79 Å². The van der Waals surface area contributed by atoms with Gasteiger partial charge < -0.3 is 15.1 Å². The molecule has 1 aromatic heterocycles. The summed E-state index contributed by atoms with van der Waals surface area (Å²) in [5.41, 5.74) is 3.93. The van der Waals surface area contributed by atoms with E-state index in [2.05, 4.69) is 53.3 Å². The molecule has 1 aliphatic heterocycles. The molecule has 1 fully saturated rings. The van der Waals surface area contributed by atoms with E-state index >= 15 is 0 Å². The second kappa shape index (κ2) is 8.12. The zero-order valence-corrected chi connectivity index (χ0v) is 15.0. The van der Waals surface area contributed by atoms with Crippen LogP contribution in [0.15, 0.2) is 42.6 Å². The molecule has 3 rings (SSSR count). The van der Waals surface area contributed by atoms with Crippen molar-refractivity contribution in [3.05, 3.63) is 59.4 Å². The third-order valence-corrected chi connectivity index (χ3v) is 4.67. The molecule has 2 heterocycles. The highest BCUT2D eigenvalue weighted by Crippen LogP contribution is 2.12. The smallest absolute Gasteiger partial charge is 0.272 e. The lowest BCUT2D eigenvalue weighted by atomic mass is 10.1. The van der Waals surface area contributed by atoms with Crippen LogP contribution in [0.2, 0.25) is 0 Å². The molecule has 1 aliphatic rings. The van der Waals surface area contributed by atoms with Gasteiger partial charge in [0.1, 0.15) is 5.69 Å². The Morgan fingerprint density at radius 3 is 2.60 bits per heavy atom. The summed E-state index contributed by atoms with van der Waals surface area (Å²) in [6.07, 6.45) is 1.74. The maximum absolute atomic E-state index is 12.5. The van der Waals surface area contributed by atoms with Gasteiger partial charge in [0.2, 0.25) is 0 Å². The van der Waals surface area contributed by atoms with E-state index in [1.165, 1.54) is 11.1 Å². The molecule has 0 unspecified atom stereocenters. The van der Waals surface area contributed by atoms with E-state index in [1.54, 1.807) is 6.20 Å². The van der Waals surface area contributed by atoms with Gasteiger partial charge >= 0.3 is 0 Å². The van der Waals surface area contributed by atoms with E-state index in [1.807, 2.05) is 17.0 Å². The molecule has 25 heavy (non-hydrogen) atoms. The molecule has 1 N–H and O–H groups in total. The lowest BCUT2D eigenvalue weighted by molar-refractivity contribution is 0.0637. The van der Waals surface area contributed by atoms with E-state index in [4.69, 9.17) is 0 Å². The monoisotopic (exact) mass is 338 g/mol. The summed E-state index contributed by atoms with van der Waals surface area (Å²) in [6.45, 7) is 9.48. The molecule has 132 valence electrons. The summed E-state index contributed by atoms with van der Waals surface area (Å²) in [7, 11) is 0. The second-order valence-corrected chi connectivity index (χ2v) is 6.50. The summed E-state index contributed by atoms with van der Waals surface area (Å²) >= 11 is 0. The van der Waals surface area contributed by atoms with Gasteiger partial charge in [0, 0.05) is 32.7 Å². The molecule has 0 aliphatic carbocycles. The lowest BCUT2D eigenvalue weighted by Gasteiger charge is -2.33. The van der Waals surface area contributed by atoms with E-state index < -0.39 is 0 Å². The second-order valence-electron chi connectivity index (χ2n) is 6.50. The molecule has 5 nitrogen and oxygen atoms in total. The van der Waals surface area contributed by atoms with Crippen LogP contribution in [-0.4, -0.2) is 53.4 Å². The number of pyridine rings is 1. The number of hydrogen-bond acceptors (Lipinski definition) is 4. The fourth-order valence-electron chi connectivity index (χ4n) is 3.08. The Labute approximate surface area is 149 Å². The highest BCUT2D eigenvalue weighted by molar-refractivity contribution is 5.92.